The molecule has 3 aliphatic rings. The van der Waals surface area contributed by atoms with Crippen LogP contribution in [-0.4, -0.2) is 64.0 Å². The third kappa shape index (κ3) is 4.27. The van der Waals surface area contributed by atoms with Crippen LogP contribution < -0.4 is 4.90 Å². The Morgan fingerprint density at radius 1 is 1.03 bits per heavy atom. The van der Waals surface area contributed by atoms with Crippen molar-refractivity contribution in [3.05, 3.63) is 23.8 Å². The highest BCUT2D eigenvalue weighted by Crippen LogP contribution is 2.40. The molecule has 3 fully saturated rings. The average Bonchev–Trinajstić information content (AvgIpc) is 3.43. The first-order chi connectivity index (χ1) is 13.7. The van der Waals surface area contributed by atoms with E-state index in [-0.39, 0.29) is 12.5 Å². The van der Waals surface area contributed by atoms with Crippen molar-refractivity contribution in [2.24, 2.45) is 0 Å². The summed E-state index contributed by atoms with van der Waals surface area (Å²) in [5.41, 5.74) is -0.617. The third-order valence-electron chi connectivity index (χ3n) is 6.43. The number of nitrogens with zero attached hydrogens (tertiary/aromatic N) is 2. The number of methoxy groups -OCH3 is 1. The molecule has 0 spiro atoms. The highest BCUT2D eigenvalue weighted by atomic mass is 32.2. The molecule has 0 aromatic heterocycles. The maximum atomic E-state index is 13.8. The zero-order valence-electron chi connectivity index (χ0n) is 16.5. The van der Waals surface area contributed by atoms with E-state index in [9.17, 15) is 21.6 Å². The summed E-state index contributed by atoms with van der Waals surface area (Å²) < 4.78 is 72.6. The largest absolute Gasteiger partial charge is 0.417 e. The Balaban J connectivity index is 1.60. The second-order valence-electron chi connectivity index (χ2n) is 8.27. The molecule has 0 unspecified atom stereocenters. The van der Waals surface area contributed by atoms with Gasteiger partial charge >= 0.3 is 6.18 Å². The van der Waals surface area contributed by atoms with Crippen LogP contribution in [0.25, 0.3) is 0 Å². The van der Waals surface area contributed by atoms with Crippen LogP contribution in [0.5, 0.6) is 0 Å². The summed E-state index contributed by atoms with van der Waals surface area (Å²) in [6.07, 6.45) is -1.43. The third-order valence-corrected chi connectivity index (χ3v) is 8.70. The van der Waals surface area contributed by atoms with Crippen LogP contribution >= 0.6 is 0 Å². The van der Waals surface area contributed by atoms with Gasteiger partial charge in [-0.05, 0) is 50.3 Å². The van der Waals surface area contributed by atoms with Crippen LogP contribution in [0.3, 0.4) is 0 Å². The van der Waals surface area contributed by atoms with Gasteiger partial charge in [-0.15, -0.1) is 0 Å². The lowest BCUT2D eigenvalue weighted by atomic mass is 10.1. The predicted molar refractivity (Wildman–Crippen MR) is 104 cm³/mol. The summed E-state index contributed by atoms with van der Waals surface area (Å²) in [5, 5.41) is -0.832. The van der Waals surface area contributed by atoms with Gasteiger partial charge in [0.15, 0.2) is 9.84 Å². The van der Waals surface area contributed by atoms with Crippen molar-refractivity contribution in [3.8, 4) is 0 Å². The summed E-state index contributed by atoms with van der Waals surface area (Å²) in [5.74, 6) is 0. The number of benzene rings is 1. The van der Waals surface area contributed by atoms with E-state index in [1.165, 1.54) is 26.0 Å². The molecule has 2 saturated carbocycles. The molecule has 1 heterocycles. The number of anilines is 1. The number of alkyl halides is 3. The first-order valence-electron chi connectivity index (χ1n) is 10.2. The fourth-order valence-corrected chi connectivity index (χ4v) is 6.56. The van der Waals surface area contributed by atoms with Gasteiger partial charge in [0.25, 0.3) is 0 Å². The number of hydrogen-bond donors (Lipinski definition) is 0. The molecule has 5 nitrogen and oxygen atoms in total. The molecule has 0 amide bonds. The Morgan fingerprint density at radius 2 is 1.72 bits per heavy atom. The number of ether oxygens (including phenoxy) is 1. The van der Waals surface area contributed by atoms with E-state index in [0.29, 0.717) is 37.7 Å². The van der Waals surface area contributed by atoms with Crippen LogP contribution in [0.4, 0.5) is 18.9 Å². The zero-order chi connectivity index (χ0) is 20.8. The Bertz CT molecular complexity index is 847. The van der Waals surface area contributed by atoms with Crippen LogP contribution in [-0.2, 0) is 20.8 Å². The minimum absolute atomic E-state index is 0.217. The second kappa shape index (κ2) is 7.74. The fourth-order valence-electron chi connectivity index (χ4n) is 4.55. The number of sulfone groups is 1. The van der Waals surface area contributed by atoms with E-state index in [1.54, 1.807) is 0 Å². The molecule has 29 heavy (non-hydrogen) atoms. The smallest absolute Gasteiger partial charge is 0.381 e. The van der Waals surface area contributed by atoms with Crippen molar-refractivity contribution in [1.82, 2.24) is 4.90 Å². The van der Waals surface area contributed by atoms with E-state index < -0.39 is 31.7 Å². The lowest BCUT2D eigenvalue weighted by molar-refractivity contribution is -0.139. The number of rotatable bonds is 5. The van der Waals surface area contributed by atoms with Gasteiger partial charge in [0, 0.05) is 45.0 Å². The van der Waals surface area contributed by atoms with E-state index in [0.717, 1.165) is 25.2 Å². The number of halogens is 3. The Hall–Kier alpha value is -1.32. The van der Waals surface area contributed by atoms with Crippen molar-refractivity contribution in [3.63, 3.8) is 0 Å². The summed E-state index contributed by atoms with van der Waals surface area (Å²) in [4.78, 5) is 3.69. The van der Waals surface area contributed by atoms with Crippen molar-refractivity contribution in [2.45, 2.75) is 60.6 Å². The molecule has 0 bridgehead atoms. The molecular weight excluding hydrogens is 405 g/mol. The molecule has 1 aliphatic heterocycles. The lowest BCUT2D eigenvalue weighted by Gasteiger charge is -2.36. The minimum Gasteiger partial charge on any atom is -0.381 e. The molecule has 2 atom stereocenters. The molecule has 0 N–H and O–H groups in total. The first-order valence-corrected chi connectivity index (χ1v) is 11.7. The van der Waals surface area contributed by atoms with Gasteiger partial charge in [-0.3, -0.25) is 4.90 Å². The number of piperazine rings is 1. The summed E-state index contributed by atoms with van der Waals surface area (Å²) in [7, 11) is -2.58. The summed E-state index contributed by atoms with van der Waals surface area (Å²) in [6.45, 7) is 2.95. The highest BCUT2D eigenvalue weighted by Gasteiger charge is 2.42. The highest BCUT2D eigenvalue weighted by molar-refractivity contribution is 7.92. The maximum Gasteiger partial charge on any atom is 0.417 e. The summed E-state index contributed by atoms with van der Waals surface area (Å²) >= 11 is 0. The molecule has 4 rings (SSSR count). The van der Waals surface area contributed by atoms with Crippen LogP contribution in [0, 0.1) is 0 Å². The fraction of sp³-hybridized carbons (Fsp3) is 0.700. The second-order valence-corrected chi connectivity index (χ2v) is 10.5. The molecule has 1 saturated heterocycles. The van der Waals surface area contributed by atoms with Gasteiger partial charge in [0.1, 0.15) is 0 Å². The van der Waals surface area contributed by atoms with Crippen LogP contribution in [0.2, 0.25) is 0 Å². The van der Waals surface area contributed by atoms with Gasteiger partial charge in [-0.1, -0.05) is 0 Å². The molecule has 0 radical (unpaired) electrons. The standard InChI is InChI=1S/C20H27F3N2O3S/c1-28-16-5-6-17(13-16)29(26,27)19-7-4-15(12-18(19)20(21,22)23)25-10-8-24(9-11-25)14-2-3-14/h4,7,12,14,16-17H,2-3,5-6,8-11,13H2,1H3/t16-,17-/m1/s1. The molecular formula is C20H27F3N2O3S. The molecule has 1 aromatic carbocycles. The quantitative estimate of drug-likeness (QED) is 0.715. The van der Waals surface area contributed by atoms with Gasteiger partial charge < -0.3 is 9.64 Å². The van der Waals surface area contributed by atoms with Crippen molar-refractivity contribution >= 4 is 15.5 Å². The SMILES string of the molecule is CO[C@@H]1CC[C@@H](S(=O)(=O)c2ccc(N3CCN(C4CC4)CC3)cc2C(F)(F)F)C1. The van der Waals surface area contributed by atoms with E-state index in [1.807, 2.05) is 4.90 Å². The van der Waals surface area contributed by atoms with Gasteiger partial charge in [-0.25, -0.2) is 8.42 Å². The monoisotopic (exact) mass is 432 g/mol. The number of hydrogen-bond acceptors (Lipinski definition) is 5. The van der Waals surface area contributed by atoms with E-state index >= 15 is 0 Å². The normalized spacial score (nSPS) is 26.8. The van der Waals surface area contributed by atoms with E-state index in [4.69, 9.17) is 4.74 Å². The Labute approximate surface area is 169 Å². The van der Waals surface area contributed by atoms with Gasteiger partial charge in [0.05, 0.1) is 21.8 Å². The van der Waals surface area contributed by atoms with Gasteiger partial charge in [-0.2, -0.15) is 13.2 Å². The van der Waals surface area contributed by atoms with Gasteiger partial charge in [0.2, 0.25) is 0 Å². The van der Waals surface area contributed by atoms with Crippen molar-refractivity contribution < 1.29 is 26.3 Å². The molecule has 162 valence electrons. The van der Waals surface area contributed by atoms with E-state index in [2.05, 4.69) is 4.90 Å². The first kappa shape index (κ1) is 20.9. The topological polar surface area (TPSA) is 49.9 Å². The predicted octanol–water partition coefficient (Wildman–Crippen LogP) is 3.33. The zero-order valence-corrected chi connectivity index (χ0v) is 17.3. The Kier molecular flexibility index (Phi) is 5.59. The van der Waals surface area contributed by atoms with Crippen LogP contribution in [0.1, 0.15) is 37.7 Å². The van der Waals surface area contributed by atoms with Crippen molar-refractivity contribution in [1.29, 1.82) is 0 Å². The minimum atomic E-state index is -4.73. The van der Waals surface area contributed by atoms with Crippen LogP contribution in [0.15, 0.2) is 23.1 Å². The molecule has 1 aromatic rings. The Morgan fingerprint density at radius 3 is 2.28 bits per heavy atom. The molecule has 9 heteroatoms. The van der Waals surface area contributed by atoms with Crippen molar-refractivity contribution in [2.75, 3.05) is 38.2 Å². The average molecular weight is 433 g/mol. The molecule has 2 aliphatic carbocycles. The lowest BCUT2D eigenvalue weighted by Crippen LogP contribution is -2.47. The summed E-state index contributed by atoms with van der Waals surface area (Å²) in [6, 6.07) is 4.33. The maximum absolute atomic E-state index is 13.8.